The Bertz CT molecular complexity index is 2430. The first-order chi connectivity index (χ1) is 23.8. The minimum absolute atomic E-state index is 0.100. The van der Waals surface area contributed by atoms with Gasteiger partial charge in [-0.15, -0.1) is 0 Å². The Morgan fingerprint density at radius 2 is 0.792 bits per heavy atom. The van der Waals surface area contributed by atoms with Gasteiger partial charge >= 0.3 is 0 Å². The highest BCUT2D eigenvalue weighted by atomic mass is 16.5. The van der Waals surface area contributed by atoms with Crippen LogP contribution in [0.4, 0.5) is 0 Å². The van der Waals surface area contributed by atoms with Crippen molar-refractivity contribution in [2.45, 2.75) is 0 Å². The van der Waals surface area contributed by atoms with Gasteiger partial charge < -0.3 is 19.7 Å². The maximum Gasteiger partial charge on any atom is 0.169 e. The fraction of sp³-hybridized carbons (Fsp3) is 0.0909. The molecule has 48 heavy (non-hydrogen) atoms. The van der Waals surface area contributed by atoms with E-state index in [4.69, 9.17) is 9.47 Å². The van der Waals surface area contributed by atoms with Crippen LogP contribution >= 0.6 is 0 Å². The largest absolute Gasteiger partial charge is 0.487 e. The van der Waals surface area contributed by atoms with Crippen molar-refractivity contribution in [1.82, 2.24) is 0 Å². The zero-order valence-corrected chi connectivity index (χ0v) is 26.4. The number of aliphatic hydroxyl groups excluding tert-OH is 2. The van der Waals surface area contributed by atoms with Gasteiger partial charge in [-0.1, -0.05) is 140 Å². The molecule has 4 heteroatoms. The van der Waals surface area contributed by atoms with Crippen LogP contribution in [0.15, 0.2) is 146 Å². The SMILES string of the molecule is OCCOc1cc2c(-c3cccc4ccccc34)cccc2c(-c2cccc3c(-c4cccc5ccccc45)cccc23)c1OCCO. The molecule has 0 atom stereocenters. The molecule has 8 aromatic carbocycles. The number of aliphatic hydroxyl groups is 2. The Balaban J connectivity index is 1.45. The summed E-state index contributed by atoms with van der Waals surface area (Å²) in [6.45, 7) is -0.0746. The molecule has 0 heterocycles. The Morgan fingerprint density at radius 1 is 0.375 bits per heavy atom. The second-order valence-corrected chi connectivity index (χ2v) is 11.9. The van der Waals surface area contributed by atoms with Gasteiger partial charge in [0.1, 0.15) is 13.2 Å². The predicted molar refractivity (Wildman–Crippen MR) is 198 cm³/mol. The summed E-state index contributed by atoms with van der Waals surface area (Å²) in [6, 6.07) is 51.1. The monoisotopic (exact) mass is 626 g/mol. The molecule has 0 saturated heterocycles. The van der Waals surface area contributed by atoms with E-state index in [-0.39, 0.29) is 26.4 Å². The summed E-state index contributed by atoms with van der Waals surface area (Å²) in [5.41, 5.74) is 6.41. The minimum atomic E-state index is -0.145. The summed E-state index contributed by atoms with van der Waals surface area (Å²) in [6.07, 6.45) is 0. The van der Waals surface area contributed by atoms with Crippen LogP contribution in [0.2, 0.25) is 0 Å². The highest BCUT2D eigenvalue weighted by Gasteiger charge is 2.22. The van der Waals surface area contributed by atoms with Crippen LogP contribution in [0, 0.1) is 0 Å². The van der Waals surface area contributed by atoms with Gasteiger partial charge in [0.05, 0.1) is 13.2 Å². The molecule has 0 fully saturated rings. The van der Waals surface area contributed by atoms with Gasteiger partial charge in [0.15, 0.2) is 11.5 Å². The number of hydrogen-bond donors (Lipinski definition) is 2. The van der Waals surface area contributed by atoms with E-state index >= 15 is 0 Å². The summed E-state index contributed by atoms with van der Waals surface area (Å²) in [5, 5.41) is 28.6. The van der Waals surface area contributed by atoms with Crippen molar-refractivity contribution < 1.29 is 19.7 Å². The van der Waals surface area contributed by atoms with Crippen LogP contribution in [0.3, 0.4) is 0 Å². The highest BCUT2D eigenvalue weighted by molar-refractivity contribution is 6.16. The second kappa shape index (κ2) is 12.8. The summed E-state index contributed by atoms with van der Waals surface area (Å²) in [5.74, 6) is 1.07. The molecule has 0 aliphatic carbocycles. The summed E-state index contributed by atoms with van der Waals surface area (Å²) >= 11 is 0. The normalized spacial score (nSPS) is 11.5. The smallest absolute Gasteiger partial charge is 0.169 e. The molecular weight excluding hydrogens is 592 g/mol. The molecule has 0 amide bonds. The lowest BCUT2D eigenvalue weighted by Gasteiger charge is -2.22. The molecule has 0 spiro atoms. The lowest BCUT2D eigenvalue weighted by atomic mass is 9.87. The zero-order chi connectivity index (χ0) is 32.5. The lowest BCUT2D eigenvalue weighted by molar-refractivity contribution is 0.179. The van der Waals surface area contributed by atoms with Crippen molar-refractivity contribution in [2.24, 2.45) is 0 Å². The van der Waals surface area contributed by atoms with Gasteiger partial charge in [-0.25, -0.2) is 0 Å². The summed E-state index contributed by atoms with van der Waals surface area (Å²) < 4.78 is 12.6. The Morgan fingerprint density at radius 3 is 1.40 bits per heavy atom. The number of fused-ring (bicyclic) bond motifs is 4. The quantitative estimate of drug-likeness (QED) is 0.167. The van der Waals surface area contributed by atoms with Crippen LogP contribution in [0.25, 0.3) is 76.5 Å². The standard InChI is InChI=1S/C44H34O4/c45-24-26-47-42-28-41-38(34-17-6-13-30-11-2-4-15-32(30)34)21-9-23-40(41)43(44(42)48-27-25-46)39-22-8-19-36-35(18-7-20-37(36)39)33-16-5-12-29-10-1-3-14-31(29)33/h1-23,28,45-46H,24-27H2. The molecule has 0 saturated carbocycles. The first-order valence-electron chi connectivity index (χ1n) is 16.3. The van der Waals surface area contributed by atoms with E-state index in [0.717, 1.165) is 54.7 Å². The Labute approximate surface area is 279 Å². The van der Waals surface area contributed by atoms with E-state index in [1.807, 2.05) is 6.07 Å². The molecule has 0 radical (unpaired) electrons. The van der Waals surface area contributed by atoms with E-state index in [9.17, 15) is 10.2 Å². The third kappa shape index (κ3) is 5.12. The minimum Gasteiger partial charge on any atom is -0.487 e. The van der Waals surface area contributed by atoms with Crippen molar-refractivity contribution >= 4 is 43.1 Å². The Kier molecular flexibility index (Phi) is 7.95. The molecule has 0 aromatic heterocycles. The fourth-order valence-electron chi connectivity index (χ4n) is 7.12. The zero-order valence-electron chi connectivity index (χ0n) is 26.4. The number of rotatable bonds is 9. The van der Waals surface area contributed by atoms with Crippen molar-refractivity contribution in [2.75, 3.05) is 26.4 Å². The lowest BCUT2D eigenvalue weighted by Crippen LogP contribution is -2.08. The van der Waals surface area contributed by atoms with Gasteiger partial charge in [-0.05, 0) is 77.0 Å². The van der Waals surface area contributed by atoms with Crippen molar-refractivity contribution in [3.8, 4) is 44.9 Å². The molecule has 4 nitrogen and oxygen atoms in total. The highest BCUT2D eigenvalue weighted by Crippen LogP contribution is 2.49. The fourth-order valence-corrected chi connectivity index (χ4v) is 7.12. The number of ether oxygens (including phenoxy) is 2. The third-order valence-corrected chi connectivity index (χ3v) is 9.14. The van der Waals surface area contributed by atoms with Crippen molar-refractivity contribution in [1.29, 1.82) is 0 Å². The molecule has 8 rings (SSSR count). The summed E-state index contributed by atoms with van der Waals surface area (Å²) in [7, 11) is 0. The van der Waals surface area contributed by atoms with Gasteiger partial charge in [-0.3, -0.25) is 0 Å². The van der Waals surface area contributed by atoms with E-state index in [2.05, 4.69) is 140 Å². The van der Waals surface area contributed by atoms with Gasteiger partial charge in [0, 0.05) is 5.56 Å². The van der Waals surface area contributed by atoms with Gasteiger partial charge in [0.2, 0.25) is 0 Å². The molecule has 0 bridgehead atoms. The first kappa shape index (κ1) is 29.7. The first-order valence-corrected chi connectivity index (χ1v) is 16.3. The molecular formula is C44H34O4. The van der Waals surface area contributed by atoms with Crippen LogP contribution in [-0.2, 0) is 0 Å². The third-order valence-electron chi connectivity index (χ3n) is 9.14. The van der Waals surface area contributed by atoms with E-state index in [1.165, 1.54) is 21.7 Å². The Hall–Kier alpha value is -5.68. The van der Waals surface area contributed by atoms with Gasteiger partial charge in [0.25, 0.3) is 0 Å². The number of hydrogen-bond acceptors (Lipinski definition) is 4. The van der Waals surface area contributed by atoms with E-state index < -0.39 is 0 Å². The molecule has 234 valence electrons. The molecule has 2 N–H and O–H groups in total. The van der Waals surface area contributed by atoms with Crippen LogP contribution in [0.5, 0.6) is 11.5 Å². The van der Waals surface area contributed by atoms with Crippen molar-refractivity contribution in [3.63, 3.8) is 0 Å². The van der Waals surface area contributed by atoms with Crippen LogP contribution in [-0.4, -0.2) is 36.6 Å². The molecule has 8 aromatic rings. The maximum atomic E-state index is 9.88. The second-order valence-electron chi connectivity index (χ2n) is 11.9. The predicted octanol–water partition coefficient (Wildman–Crippen LogP) is 10.0. The molecule has 0 aliphatic rings. The maximum absolute atomic E-state index is 9.88. The average molecular weight is 627 g/mol. The molecule has 0 unspecified atom stereocenters. The van der Waals surface area contributed by atoms with E-state index in [1.54, 1.807) is 0 Å². The van der Waals surface area contributed by atoms with E-state index in [0.29, 0.717) is 11.5 Å². The molecule has 0 aliphatic heterocycles. The van der Waals surface area contributed by atoms with Gasteiger partial charge in [-0.2, -0.15) is 0 Å². The average Bonchev–Trinajstić information content (AvgIpc) is 3.15. The topological polar surface area (TPSA) is 58.9 Å². The van der Waals surface area contributed by atoms with Crippen LogP contribution in [0.1, 0.15) is 0 Å². The van der Waals surface area contributed by atoms with Crippen LogP contribution < -0.4 is 9.47 Å². The van der Waals surface area contributed by atoms with Crippen molar-refractivity contribution in [3.05, 3.63) is 146 Å². The number of benzene rings is 8. The summed E-state index contributed by atoms with van der Waals surface area (Å²) in [4.78, 5) is 0.